The Balaban J connectivity index is 0.000000392. The molecule has 0 bridgehead atoms. The number of thioether (sulfide) groups is 1. The zero-order chi connectivity index (χ0) is 26.1. The minimum Gasteiger partial charge on any atom is -0.478 e. The molecule has 2 aromatic heterocycles. The maximum atomic E-state index is 13.1. The maximum absolute atomic E-state index is 13.1. The summed E-state index contributed by atoms with van der Waals surface area (Å²) in [6.07, 6.45) is 1.50. The Morgan fingerprint density at radius 3 is 2.31 bits per heavy atom. The van der Waals surface area contributed by atoms with Gasteiger partial charge in [-0.15, -0.1) is 10.2 Å². The number of pyridine rings is 1. The van der Waals surface area contributed by atoms with Crippen LogP contribution in [0.15, 0.2) is 72.0 Å². The number of carboxylic acids is 2. The number of rotatable bonds is 7. The highest BCUT2D eigenvalue weighted by molar-refractivity contribution is 7.99. The maximum Gasteiger partial charge on any atom is 0.420 e. The zero-order valence-electron chi connectivity index (χ0n) is 18.9. The average Bonchev–Trinajstić information content (AvgIpc) is 3.27. The Morgan fingerprint density at radius 1 is 1.03 bits per heavy atom. The molecule has 190 valence electrons. The standard InChI is InChI=1S/C20H19F3N4S.C4H4O4/c21-20(22,23)17-7-4-10-27-18(17)24-25-19(27)28-14-13-26-11-8-16(9-12-26)15-5-2-1-3-6-15;5-3(6)1-2-4(7)8/h1-8,10H,9,11-14H2;1-2H,(H,5,6)(H,7,8)/b;2-1-. The van der Waals surface area contributed by atoms with Crippen LogP contribution in [0.5, 0.6) is 0 Å². The van der Waals surface area contributed by atoms with Crippen LogP contribution in [-0.4, -0.2) is 67.0 Å². The van der Waals surface area contributed by atoms with Crippen molar-refractivity contribution in [2.24, 2.45) is 0 Å². The molecule has 3 heterocycles. The van der Waals surface area contributed by atoms with E-state index in [0.717, 1.165) is 37.9 Å². The summed E-state index contributed by atoms with van der Waals surface area (Å²) >= 11 is 1.43. The van der Waals surface area contributed by atoms with E-state index in [9.17, 15) is 22.8 Å². The van der Waals surface area contributed by atoms with Gasteiger partial charge in [0.2, 0.25) is 0 Å². The van der Waals surface area contributed by atoms with Crippen molar-refractivity contribution in [3.63, 3.8) is 0 Å². The first-order valence-electron chi connectivity index (χ1n) is 10.8. The van der Waals surface area contributed by atoms with Crippen molar-refractivity contribution in [2.75, 3.05) is 25.4 Å². The van der Waals surface area contributed by atoms with E-state index in [1.807, 2.05) is 18.2 Å². The predicted molar refractivity (Wildman–Crippen MR) is 129 cm³/mol. The van der Waals surface area contributed by atoms with Gasteiger partial charge >= 0.3 is 18.1 Å². The lowest BCUT2D eigenvalue weighted by molar-refractivity contribution is -0.136. The average molecular weight is 521 g/mol. The molecule has 0 radical (unpaired) electrons. The lowest BCUT2D eigenvalue weighted by Gasteiger charge is -2.26. The molecule has 1 aliphatic heterocycles. The van der Waals surface area contributed by atoms with Crippen LogP contribution in [0.2, 0.25) is 0 Å². The third-order valence-corrected chi connectivity index (χ3v) is 6.08. The van der Waals surface area contributed by atoms with Crippen LogP contribution in [-0.2, 0) is 15.8 Å². The summed E-state index contributed by atoms with van der Waals surface area (Å²) in [4.78, 5) is 21.4. The first kappa shape index (κ1) is 27.0. The summed E-state index contributed by atoms with van der Waals surface area (Å²) < 4.78 is 40.6. The van der Waals surface area contributed by atoms with Gasteiger partial charge in [-0.2, -0.15) is 13.2 Å². The highest BCUT2D eigenvalue weighted by atomic mass is 32.2. The fourth-order valence-electron chi connectivity index (χ4n) is 3.45. The number of alkyl halides is 3. The highest BCUT2D eigenvalue weighted by Gasteiger charge is 2.34. The second-order valence-electron chi connectivity index (χ2n) is 7.60. The number of carbonyl (C=O) groups is 2. The smallest absolute Gasteiger partial charge is 0.420 e. The van der Waals surface area contributed by atoms with Gasteiger partial charge in [-0.3, -0.25) is 9.30 Å². The summed E-state index contributed by atoms with van der Waals surface area (Å²) in [5.41, 5.74) is 1.73. The molecule has 0 atom stereocenters. The molecule has 1 aromatic carbocycles. The molecular weight excluding hydrogens is 497 g/mol. The van der Waals surface area contributed by atoms with Gasteiger partial charge in [0.05, 0.1) is 0 Å². The largest absolute Gasteiger partial charge is 0.478 e. The van der Waals surface area contributed by atoms with Crippen LogP contribution in [0.25, 0.3) is 11.2 Å². The first-order chi connectivity index (χ1) is 17.1. The fourth-order valence-corrected chi connectivity index (χ4v) is 4.37. The molecule has 0 saturated carbocycles. The number of carboxylic acid groups (broad SMARTS) is 2. The van der Waals surface area contributed by atoms with Crippen LogP contribution < -0.4 is 0 Å². The van der Waals surface area contributed by atoms with E-state index in [4.69, 9.17) is 10.2 Å². The predicted octanol–water partition coefficient (Wildman–Crippen LogP) is 4.34. The van der Waals surface area contributed by atoms with Crippen molar-refractivity contribution in [3.8, 4) is 0 Å². The molecule has 12 heteroatoms. The number of aromatic nitrogens is 3. The van der Waals surface area contributed by atoms with E-state index in [1.165, 1.54) is 33.4 Å². The summed E-state index contributed by atoms with van der Waals surface area (Å²) in [7, 11) is 0. The summed E-state index contributed by atoms with van der Waals surface area (Å²) in [6.45, 7) is 2.70. The number of fused-ring (bicyclic) bond motifs is 1. The van der Waals surface area contributed by atoms with E-state index >= 15 is 0 Å². The SMILES string of the molecule is FC(F)(F)c1cccn2c(SCCN3CC=C(c4ccccc4)CC3)nnc12.O=C(O)/C=C\C(=O)O. The number of hydrogen-bond donors (Lipinski definition) is 2. The quantitative estimate of drug-likeness (QED) is 0.350. The van der Waals surface area contributed by atoms with E-state index in [-0.39, 0.29) is 5.65 Å². The molecule has 8 nitrogen and oxygen atoms in total. The van der Waals surface area contributed by atoms with Crippen LogP contribution in [0.1, 0.15) is 17.5 Å². The molecule has 1 aliphatic rings. The number of halogens is 3. The highest BCUT2D eigenvalue weighted by Crippen LogP contribution is 2.32. The van der Waals surface area contributed by atoms with Crippen LogP contribution >= 0.6 is 11.8 Å². The van der Waals surface area contributed by atoms with Crippen molar-refractivity contribution in [3.05, 3.63) is 78.0 Å². The molecule has 0 fully saturated rings. The Morgan fingerprint density at radius 2 is 1.72 bits per heavy atom. The van der Waals surface area contributed by atoms with Crippen molar-refractivity contribution in [2.45, 2.75) is 17.8 Å². The number of hydrogen-bond acceptors (Lipinski definition) is 6. The lowest BCUT2D eigenvalue weighted by Crippen LogP contribution is -2.30. The Bertz CT molecular complexity index is 1240. The molecule has 0 saturated heterocycles. The summed E-state index contributed by atoms with van der Waals surface area (Å²) in [5.74, 6) is -1.77. The van der Waals surface area contributed by atoms with E-state index in [2.05, 4.69) is 33.3 Å². The van der Waals surface area contributed by atoms with Crippen LogP contribution in [0, 0.1) is 0 Å². The van der Waals surface area contributed by atoms with E-state index in [0.29, 0.717) is 17.3 Å². The van der Waals surface area contributed by atoms with Crippen LogP contribution in [0.3, 0.4) is 0 Å². The lowest BCUT2D eigenvalue weighted by atomic mass is 10.00. The van der Waals surface area contributed by atoms with Gasteiger partial charge in [0.25, 0.3) is 0 Å². The zero-order valence-corrected chi connectivity index (χ0v) is 19.7. The minimum atomic E-state index is -4.44. The molecule has 0 spiro atoms. The van der Waals surface area contributed by atoms with Gasteiger partial charge in [0, 0.05) is 43.7 Å². The molecule has 3 aromatic rings. The number of nitrogens with zero attached hydrogens (tertiary/aromatic N) is 4. The molecule has 0 amide bonds. The topological polar surface area (TPSA) is 108 Å². The Hall–Kier alpha value is -3.64. The van der Waals surface area contributed by atoms with Gasteiger partial charge in [0.1, 0.15) is 5.56 Å². The monoisotopic (exact) mass is 520 g/mol. The van der Waals surface area contributed by atoms with Gasteiger partial charge in [-0.25, -0.2) is 9.59 Å². The first-order valence-corrected chi connectivity index (χ1v) is 11.8. The molecule has 2 N–H and O–H groups in total. The Kier molecular flexibility index (Phi) is 9.25. The second kappa shape index (κ2) is 12.4. The van der Waals surface area contributed by atoms with Gasteiger partial charge in [-0.05, 0) is 29.7 Å². The van der Waals surface area contributed by atoms with Crippen molar-refractivity contribution >= 4 is 34.9 Å². The second-order valence-corrected chi connectivity index (χ2v) is 8.66. The van der Waals surface area contributed by atoms with E-state index in [1.54, 1.807) is 6.20 Å². The molecule has 0 aliphatic carbocycles. The molecule has 0 unspecified atom stereocenters. The normalized spacial score (nSPS) is 14.4. The fraction of sp³-hybridized carbons (Fsp3) is 0.250. The van der Waals surface area contributed by atoms with Gasteiger partial charge < -0.3 is 10.2 Å². The Labute approximate surface area is 208 Å². The molecular formula is C24H23F3N4O4S. The van der Waals surface area contributed by atoms with Crippen molar-refractivity contribution in [1.82, 2.24) is 19.5 Å². The van der Waals surface area contributed by atoms with Gasteiger partial charge in [0.15, 0.2) is 10.8 Å². The number of benzene rings is 1. The number of aliphatic carboxylic acids is 2. The van der Waals surface area contributed by atoms with Crippen molar-refractivity contribution < 1.29 is 33.0 Å². The molecule has 36 heavy (non-hydrogen) atoms. The summed E-state index contributed by atoms with van der Waals surface area (Å²) in [5, 5.41) is 23.8. The minimum absolute atomic E-state index is 0.147. The van der Waals surface area contributed by atoms with Crippen molar-refractivity contribution in [1.29, 1.82) is 0 Å². The third kappa shape index (κ3) is 7.68. The van der Waals surface area contributed by atoms with Crippen LogP contribution in [0.4, 0.5) is 13.2 Å². The summed E-state index contributed by atoms with van der Waals surface area (Å²) in [6, 6.07) is 12.8. The van der Waals surface area contributed by atoms with E-state index < -0.39 is 23.7 Å². The third-order valence-electron chi connectivity index (χ3n) is 5.15. The molecule has 4 rings (SSSR count). The van der Waals surface area contributed by atoms with Gasteiger partial charge in [-0.1, -0.05) is 48.2 Å².